The van der Waals surface area contributed by atoms with E-state index in [0.29, 0.717) is 11.8 Å². The molecule has 0 spiro atoms. The molecular weight excluding hydrogens is 306 g/mol. The minimum absolute atomic E-state index is 0.00726. The number of aldehydes is 1. The summed E-state index contributed by atoms with van der Waals surface area (Å²) >= 11 is 4.59. The highest BCUT2D eigenvalue weighted by molar-refractivity contribution is 7.80. The summed E-state index contributed by atoms with van der Waals surface area (Å²) in [5, 5.41) is 9.99. The van der Waals surface area contributed by atoms with Crippen LogP contribution in [-0.2, 0) is 0 Å². The average Bonchev–Trinajstić information content (AvgIpc) is 2.52. The maximum absolute atomic E-state index is 11.1. The van der Waals surface area contributed by atoms with Crippen molar-refractivity contribution in [3.8, 4) is 5.75 Å². The first kappa shape index (κ1) is 15.7. The van der Waals surface area contributed by atoms with Crippen molar-refractivity contribution in [1.29, 1.82) is 0 Å². The normalized spacial score (nSPS) is 15.8. The lowest BCUT2D eigenvalue weighted by atomic mass is 9.81. The lowest BCUT2D eigenvalue weighted by Gasteiger charge is -2.44. The molecule has 0 atom stereocenters. The first-order chi connectivity index (χ1) is 10.9. The molecule has 0 unspecified atom stereocenters. The number of hydrogen-bond acceptors (Lipinski definition) is 4. The molecule has 3 rings (SSSR count). The molecule has 23 heavy (non-hydrogen) atoms. The molecule has 0 aliphatic carbocycles. The molecule has 2 aromatic rings. The summed E-state index contributed by atoms with van der Waals surface area (Å²) in [7, 11) is 1.99. The van der Waals surface area contributed by atoms with Crippen molar-refractivity contribution < 1.29 is 9.90 Å². The van der Waals surface area contributed by atoms with Crippen molar-refractivity contribution in [2.24, 2.45) is 0 Å². The van der Waals surface area contributed by atoms with Crippen LogP contribution in [0.1, 0.15) is 35.3 Å². The molecule has 1 aliphatic rings. The van der Waals surface area contributed by atoms with Crippen molar-refractivity contribution in [1.82, 2.24) is 0 Å². The summed E-state index contributed by atoms with van der Waals surface area (Å²) in [4.78, 5) is 14.2. The van der Waals surface area contributed by atoms with E-state index in [-0.39, 0.29) is 11.3 Å². The maximum atomic E-state index is 11.1. The number of anilines is 1. The van der Waals surface area contributed by atoms with Crippen LogP contribution in [0, 0.1) is 0 Å². The molecule has 0 aromatic heterocycles. The molecule has 0 fully saturated rings. The predicted octanol–water partition coefficient (Wildman–Crippen LogP) is 4.26. The van der Waals surface area contributed by atoms with Crippen molar-refractivity contribution in [3.05, 3.63) is 53.1 Å². The number of benzene rings is 2. The van der Waals surface area contributed by atoms with Crippen LogP contribution in [0.5, 0.6) is 5.75 Å². The van der Waals surface area contributed by atoms with Crippen molar-refractivity contribution in [2.75, 3.05) is 11.9 Å². The van der Waals surface area contributed by atoms with Crippen LogP contribution in [-0.4, -0.2) is 24.0 Å². The zero-order valence-electron chi connectivity index (χ0n) is 13.4. The Morgan fingerprint density at radius 1 is 1.22 bits per heavy atom. The van der Waals surface area contributed by atoms with Gasteiger partial charge in [-0.2, -0.15) is 0 Å². The summed E-state index contributed by atoms with van der Waals surface area (Å²) in [5.41, 5.74) is 4.03. The second kappa shape index (κ2) is 5.46. The standard InChI is InChI=1S/C19H19NO2S/c1-19(2)15(14-6-4-5-7-18(14)23)9-12-8-13(11-21)17(22)10-16(12)20(19)3/h4-11,22-23H,1-3H3. The Labute approximate surface area is 141 Å². The van der Waals surface area contributed by atoms with E-state index >= 15 is 0 Å². The van der Waals surface area contributed by atoms with Gasteiger partial charge in [-0.1, -0.05) is 18.2 Å². The zero-order chi connectivity index (χ0) is 16.8. The summed E-state index contributed by atoms with van der Waals surface area (Å²) in [5.74, 6) is 0.00726. The minimum Gasteiger partial charge on any atom is -0.507 e. The van der Waals surface area contributed by atoms with E-state index in [1.807, 2.05) is 25.2 Å². The summed E-state index contributed by atoms with van der Waals surface area (Å²) < 4.78 is 0. The Morgan fingerprint density at radius 2 is 1.91 bits per heavy atom. The topological polar surface area (TPSA) is 40.5 Å². The number of rotatable bonds is 2. The second-order valence-corrected chi connectivity index (χ2v) is 6.76. The molecule has 1 N–H and O–H groups in total. The molecule has 0 saturated carbocycles. The summed E-state index contributed by atoms with van der Waals surface area (Å²) in [6, 6.07) is 11.4. The Morgan fingerprint density at radius 3 is 2.57 bits per heavy atom. The first-order valence-electron chi connectivity index (χ1n) is 7.43. The fraction of sp³-hybridized carbons (Fsp3) is 0.211. The molecule has 0 saturated heterocycles. The quantitative estimate of drug-likeness (QED) is 0.640. The van der Waals surface area contributed by atoms with Gasteiger partial charge in [-0.05, 0) is 48.8 Å². The third-order valence-electron chi connectivity index (χ3n) is 4.66. The van der Waals surface area contributed by atoms with Gasteiger partial charge in [0.15, 0.2) is 6.29 Å². The van der Waals surface area contributed by atoms with Crippen LogP contribution in [0.4, 0.5) is 5.69 Å². The van der Waals surface area contributed by atoms with E-state index < -0.39 is 0 Å². The minimum atomic E-state index is -0.277. The van der Waals surface area contributed by atoms with Gasteiger partial charge in [-0.25, -0.2) is 0 Å². The summed E-state index contributed by atoms with van der Waals surface area (Å²) in [6.45, 7) is 4.26. The molecule has 0 bridgehead atoms. The Hall–Kier alpha value is -2.20. The molecule has 4 heteroatoms. The number of thiol groups is 1. The second-order valence-electron chi connectivity index (χ2n) is 6.28. The van der Waals surface area contributed by atoms with Gasteiger partial charge in [0.2, 0.25) is 0 Å². The number of carbonyl (C=O) groups excluding carboxylic acids is 1. The van der Waals surface area contributed by atoms with Gasteiger partial charge < -0.3 is 10.0 Å². The summed E-state index contributed by atoms with van der Waals surface area (Å²) in [6.07, 6.45) is 2.76. The van der Waals surface area contributed by atoms with Crippen LogP contribution in [0.2, 0.25) is 0 Å². The third-order valence-corrected chi connectivity index (χ3v) is 5.05. The van der Waals surface area contributed by atoms with Gasteiger partial charge >= 0.3 is 0 Å². The molecule has 118 valence electrons. The van der Waals surface area contributed by atoms with Crippen LogP contribution in [0.3, 0.4) is 0 Å². The predicted molar refractivity (Wildman–Crippen MR) is 97.5 cm³/mol. The SMILES string of the molecule is CN1c2cc(O)c(C=O)cc2C=C(c2ccccc2S)C1(C)C. The van der Waals surface area contributed by atoms with E-state index in [0.717, 1.165) is 27.3 Å². The van der Waals surface area contributed by atoms with Gasteiger partial charge in [-0.3, -0.25) is 4.79 Å². The van der Waals surface area contributed by atoms with Crippen LogP contribution >= 0.6 is 12.6 Å². The Balaban J connectivity index is 2.28. The number of phenols is 1. The number of hydrogen-bond donors (Lipinski definition) is 2. The number of carbonyl (C=O) groups is 1. The van der Waals surface area contributed by atoms with E-state index in [2.05, 4.69) is 43.5 Å². The molecule has 3 nitrogen and oxygen atoms in total. The Bertz CT molecular complexity index is 824. The number of likely N-dealkylation sites (N-methyl/N-ethyl adjacent to an activating group) is 1. The number of nitrogens with zero attached hydrogens (tertiary/aromatic N) is 1. The van der Waals surface area contributed by atoms with Crippen molar-refractivity contribution >= 4 is 36.3 Å². The van der Waals surface area contributed by atoms with E-state index in [1.54, 1.807) is 12.1 Å². The van der Waals surface area contributed by atoms with Crippen molar-refractivity contribution in [3.63, 3.8) is 0 Å². The number of fused-ring (bicyclic) bond motifs is 1. The molecule has 1 aliphatic heterocycles. The molecule has 2 aromatic carbocycles. The van der Waals surface area contributed by atoms with Crippen LogP contribution in [0.25, 0.3) is 11.6 Å². The molecular formula is C19H19NO2S. The van der Waals surface area contributed by atoms with Crippen LogP contribution < -0.4 is 4.90 Å². The highest BCUT2D eigenvalue weighted by Crippen LogP contribution is 2.45. The highest BCUT2D eigenvalue weighted by Gasteiger charge is 2.35. The van der Waals surface area contributed by atoms with Gasteiger partial charge in [0.1, 0.15) is 5.75 Å². The maximum Gasteiger partial charge on any atom is 0.153 e. The molecule has 1 heterocycles. The van der Waals surface area contributed by atoms with Crippen molar-refractivity contribution in [2.45, 2.75) is 24.3 Å². The van der Waals surface area contributed by atoms with Gasteiger partial charge in [0.25, 0.3) is 0 Å². The number of aromatic hydroxyl groups is 1. The fourth-order valence-electron chi connectivity index (χ4n) is 3.03. The average molecular weight is 325 g/mol. The van der Waals surface area contributed by atoms with E-state index in [1.165, 1.54) is 0 Å². The smallest absolute Gasteiger partial charge is 0.153 e. The number of phenolic OH excluding ortho intramolecular Hbond substituents is 1. The highest BCUT2D eigenvalue weighted by atomic mass is 32.1. The van der Waals surface area contributed by atoms with Crippen LogP contribution in [0.15, 0.2) is 41.3 Å². The van der Waals surface area contributed by atoms with Gasteiger partial charge in [-0.15, -0.1) is 12.6 Å². The molecule has 0 amide bonds. The third kappa shape index (κ3) is 2.43. The monoisotopic (exact) mass is 325 g/mol. The largest absolute Gasteiger partial charge is 0.507 e. The molecule has 0 radical (unpaired) electrons. The van der Waals surface area contributed by atoms with Gasteiger partial charge in [0.05, 0.1) is 11.1 Å². The fourth-order valence-corrected chi connectivity index (χ4v) is 3.32. The lowest BCUT2D eigenvalue weighted by molar-refractivity contribution is 0.112. The van der Waals surface area contributed by atoms with E-state index in [9.17, 15) is 9.90 Å². The lowest BCUT2D eigenvalue weighted by Crippen LogP contribution is -2.44. The van der Waals surface area contributed by atoms with Gasteiger partial charge in [0, 0.05) is 23.7 Å². The first-order valence-corrected chi connectivity index (χ1v) is 7.87. The van der Waals surface area contributed by atoms with E-state index in [4.69, 9.17) is 0 Å². The zero-order valence-corrected chi connectivity index (χ0v) is 14.3. The Kier molecular flexibility index (Phi) is 3.72.